The first-order valence-electron chi connectivity index (χ1n) is 0. The summed E-state index contributed by atoms with van der Waals surface area (Å²) in [5.41, 5.74) is 0. The Kier molecular flexibility index (Phi) is 3590. The van der Waals surface area contributed by atoms with Gasteiger partial charge in [0.05, 0.1) is 0 Å². The van der Waals surface area contributed by atoms with E-state index in [1.165, 1.54) is 0 Å². The third-order valence-corrected chi connectivity index (χ3v) is 0. The van der Waals surface area contributed by atoms with E-state index < -0.39 is 0 Å². The Bertz CT molecular complexity index is 5.51. The summed E-state index contributed by atoms with van der Waals surface area (Å²) in [4.78, 5) is 0. The van der Waals surface area contributed by atoms with Gasteiger partial charge in [0.15, 0.2) is 0 Å². The minimum absolute atomic E-state index is 0. The zero-order chi connectivity index (χ0) is 0. The van der Waals surface area contributed by atoms with Gasteiger partial charge in [-0.3, -0.25) is 0 Å². The van der Waals surface area contributed by atoms with Crippen molar-refractivity contribution in [3.05, 3.63) is 0 Å². The molecule has 6 heavy (non-hydrogen) atoms. The van der Waals surface area contributed by atoms with Crippen LogP contribution in [0.1, 0.15) is 0 Å². The molecule has 0 unspecified atom stereocenters. The van der Waals surface area contributed by atoms with Gasteiger partial charge < -0.3 is 21.9 Å². The molecule has 4 nitrogen and oxygen atoms in total. The molecular formula is H4O4Pt2. The Hall–Kier alpha value is 1.22. The van der Waals surface area contributed by atoms with Crippen LogP contribution >= 0.6 is 0 Å². The average molecular weight is 458 g/mol. The molecule has 0 aliphatic carbocycles. The van der Waals surface area contributed by atoms with Crippen LogP contribution in [-0.2, 0) is 42.1 Å². The van der Waals surface area contributed by atoms with Gasteiger partial charge in [-0.1, -0.05) is 0 Å². The fraction of sp³-hybridized carbons (Fsp3) is 0. The van der Waals surface area contributed by atoms with Crippen molar-refractivity contribution in [2.75, 3.05) is 0 Å². The summed E-state index contributed by atoms with van der Waals surface area (Å²) in [7, 11) is 0. The largest absolute Gasteiger partial charge is 2.00 e. The predicted molar refractivity (Wildman–Crippen MR) is 7.74 cm³/mol. The first-order chi connectivity index (χ1) is 0. The minimum atomic E-state index is 0. The van der Waals surface area contributed by atoms with Gasteiger partial charge in [0.25, 0.3) is 0 Å². The van der Waals surface area contributed by atoms with E-state index in [1.54, 1.807) is 0 Å². The maximum absolute atomic E-state index is 0. The van der Waals surface area contributed by atoms with Gasteiger partial charge in [-0.25, -0.2) is 0 Å². The van der Waals surface area contributed by atoms with Crippen LogP contribution in [0.15, 0.2) is 0 Å². The van der Waals surface area contributed by atoms with Crippen molar-refractivity contribution in [2.24, 2.45) is 0 Å². The number of rotatable bonds is 0. The molecule has 0 aliphatic heterocycles. The molecule has 0 aromatic heterocycles. The Morgan fingerprint density at radius 3 is 0.333 bits per heavy atom. The third kappa shape index (κ3) is 62.7. The normalized spacial score (nSPS) is 0. The second-order valence-corrected chi connectivity index (χ2v) is 0. The summed E-state index contributed by atoms with van der Waals surface area (Å²) in [6.07, 6.45) is 0. The molecule has 0 aromatic carbocycles. The minimum Gasteiger partial charge on any atom is -0.870 e. The summed E-state index contributed by atoms with van der Waals surface area (Å²) in [6.45, 7) is 0. The zero-order valence-electron chi connectivity index (χ0n) is 2.42. The topological polar surface area (TPSA) is 120 Å². The van der Waals surface area contributed by atoms with Crippen LogP contribution in [0.3, 0.4) is 0 Å². The van der Waals surface area contributed by atoms with E-state index in [4.69, 9.17) is 0 Å². The molecule has 0 heterocycles. The molecule has 0 aliphatic rings. The molecule has 0 spiro atoms. The smallest absolute Gasteiger partial charge is 0.870 e. The van der Waals surface area contributed by atoms with Crippen molar-refractivity contribution in [2.45, 2.75) is 0 Å². The van der Waals surface area contributed by atoms with Crippen molar-refractivity contribution in [1.29, 1.82) is 0 Å². The molecule has 0 atom stereocenters. The van der Waals surface area contributed by atoms with E-state index in [-0.39, 0.29) is 64.0 Å². The van der Waals surface area contributed by atoms with Crippen LogP contribution in [0.25, 0.3) is 0 Å². The van der Waals surface area contributed by atoms with Crippen molar-refractivity contribution in [3.63, 3.8) is 0 Å². The average Bonchev–Trinajstić information content (AvgIpc) is 0. The quantitative estimate of drug-likeness (QED) is 0.476. The van der Waals surface area contributed by atoms with Crippen molar-refractivity contribution < 1.29 is 64.0 Å². The molecule has 0 aromatic rings. The van der Waals surface area contributed by atoms with E-state index in [1.807, 2.05) is 0 Å². The summed E-state index contributed by atoms with van der Waals surface area (Å²) >= 11 is 0. The van der Waals surface area contributed by atoms with Gasteiger partial charge in [-0.2, -0.15) is 0 Å². The fourth-order valence-electron chi connectivity index (χ4n) is 0. The van der Waals surface area contributed by atoms with E-state index >= 15 is 0 Å². The number of hydrogen-bond acceptors (Lipinski definition) is 4. The van der Waals surface area contributed by atoms with Gasteiger partial charge in [0, 0.05) is 0 Å². The predicted octanol–water partition coefficient (Wildman–Crippen LogP) is -0.712. The Balaban J connectivity index is 0. The summed E-state index contributed by atoms with van der Waals surface area (Å²) < 4.78 is 0. The van der Waals surface area contributed by atoms with E-state index in [0.717, 1.165) is 0 Å². The van der Waals surface area contributed by atoms with Crippen molar-refractivity contribution in [3.8, 4) is 0 Å². The summed E-state index contributed by atoms with van der Waals surface area (Å²) in [6, 6.07) is 0. The summed E-state index contributed by atoms with van der Waals surface area (Å²) in [5.74, 6) is 0. The van der Waals surface area contributed by atoms with E-state index in [9.17, 15) is 0 Å². The Morgan fingerprint density at radius 1 is 0.333 bits per heavy atom. The SMILES string of the molecule is [OH-].[OH-].[OH-].[OH-].[Pt+2].[Pt+2]. The second-order valence-electron chi connectivity index (χ2n) is 0. The molecule has 0 fully saturated rings. The van der Waals surface area contributed by atoms with Crippen LogP contribution in [0, 0.1) is 0 Å². The first-order valence-corrected chi connectivity index (χ1v) is 0. The van der Waals surface area contributed by atoms with Crippen molar-refractivity contribution in [1.82, 2.24) is 0 Å². The maximum Gasteiger partial charge on any atom is 2.00 e. The number of hydrogen-bond donors (Lipinski definition) is 0. The van der Waals surface area contributed by atoms with Crippen LogP contribution in [0.5, 0.6) is 0 Å². The molecule has 0 radical (unpaired) electrons. The van der Waals surface area contributed by atoms with Crippen LogP contribution in [-0.4, -0.2) is 21.9 Å². The fourth-order valence-corrected chi connectivity index (χ4v) is 0. The van der Waals surface area contributed by atoms with Gasteiger partial charge >= 0.3 is 42.1 Å². The van der Waals surface area contributed by atoms with E-state index in [0.29, 0.717) is 0 Å². The molecule has 4 N–H and O–H groups in total. The van der Waals surface area contributed by atoms with Crippen LogP contribution in [0.2, 0.25) is 0 Å². The standard InChI is InChI=1S/4H2O.2Pt/h4*1H2;;/q;;;;2*+2/p-4. The second kappa shape index (κ2) is 114. The molecule has 0 bridgehead atoms. The molecule has 0 rings (SSSR count). The van der Waals surface area contributed by atoms with Gasteiger partial charge in [0.2, 0.25) is 0 Å². The molecule has 48 valence electrons. The Morgan fingerprint density at radius 2 is 0.333 bits per heavy atom. The van der Waals surface area contributed by atoms with E-state index in [2.05, 4.69) is 0 Å². The first kappa shape index (κ1) is 188. The summed E-state index contributed by atoms with van der Waals surface area (Å²) in [5, 5.41) is 0. The molecule has 0 amide bonds. The molecule has 0 saturated carbocycles. The third-order valence-electron chi connectivity index (χ3n) is 0. The van der Waals surface area contributed by atoms with Gasteiger partial charge in [0.1, 0.15) is 0 Å². The van der Waals surface area contributed by atoms with Gasteiger partial charge in [-0.15, -0.1) is 0 Å². The monoisotopic (exact) mass is 458 g/mol. The van der Waals surface area contributed by atoms with Crippen LogP contribution < -0.4 is 0 Å². The Labute approximate surface area is 64.1 Å². The van der Waals surface area contributed by atoms with Crippen LogP contribution in [0.4, 0.5) is 0 Å². The molecular weight excluding hydrogens is 454 g/mol. The molecule has 6 heteroatoms. The van der Waals surface area contributed by atoms with Gasteiger partial charge in [-0.05, 0) is 0 Å². The molecule has 0 saturated heterocycles. The van der Waals surface area contributed by atoms with Crippen molar-refractivity contribution >= 4 is 0 Å². The maximum atomic E-state index is 0. The zero-order valence-corrected chi connectivity index (χ0v) is 6.97.